The molecule has 0 unspecified atom stereocenters. The molecule has 3 heteroatoms. The first-order valence-electron chi connectivity index (χ1n) is 8.48. The molecule has 0 saturated carbocycles. The summed E-state index contributed by atoms with van der Waals surface area (Å²) in [4.78, 5) is 10.3. The van der Waals surface area contributed by atoms with Crippen molar-refractivity contribution < 1.29 is 14.6 Å². The van der Waals surface area contributed by atoms with Crippen molar-refractivity contribution in [2.24, 2.45) is 5.41 Å². The van der Waals surface area contributed by atoms with Gasteiger partial charge in [0.2, 0.25) is 0 Å². The highest BCUT2D eigenvalue weighted by molar-refractivity contribution is 5.56. The molecule has 0 bridgehead atoms. The van der Waals surface area contributed by atoms with Crippen molar-refractivity contribution in [1.82, 2.24) is 0 Å². The predicted octanol–water partition coefficient (Wildman–Crippen LogP) is 6.21. The van der Waals surface area contributed by atoms with Crippen LogP contribution in [0, 0.1) is 5.41 Å². The smallest absolute Gasteiger partial charge is 0.450 e. The summed E-state index contributed by atoms with van der Waals surface area (Å²) in [5.74, 6) is 0. The second-order valence-electron chi connectivity index (χ2n) is 7.06. The second-order valence-corrected chi connectivity index (χ2v) is 7.06. The van der Waals surface area contributed by atoms with Crippen LogP contribution in [0.5, 0.6) is 0 Å². The van der Waals surface area contributed by atoms with Crippen LogP contribution in [-0.2, 0) is 4.74 Å². The molecular weight excluding hydrogens is 300 g/mol. The molecule has 0 fully saturated rings. The van der Waals surface area contributed by atoms with Gasteiger partial charge in [0.15, 0.2) is 0 Å². The fraction of sp³-hybridized carbons (Fsp3) is 0.476. The molecule has 0 heterocycles. The van der Waals surface area contributed by atoms with Crippen molar-refractivity contribution in [3.63, 3.8) is 0 Å². The van der Waals surface area contributed by atoms with Crippen LogP contribution in [0.25, 0.3) is 0 Å². The summed E-state index contributed by atoms with van der Waals surface area (Å²) in [6.07, 6.45) is 14.6. The van der Waals surface area contributed by atoms with Gasteiger partial charge in [-0.3, -0.25) is 0 Å². The van der Waals surface area contributed by atoms with Crippen molar-refractivity contribution in [2.75, 3.05) is 6.61 Å². The van der Waals surface area contributed by atoms with E-state index in [0.717, 1.165) is 5.57 Å². The van der Waals surface area contributed by atoms with Gasteiger partial charge in [-0.05, 0) is 57.1 Å². The zero-order chi connectivity index (χ0) is 18.2. The number of hydrogen-bond acceptors (Lipinski definition) is 2. The summed E-state index contributed by atoms with van der Waals surface area (Å²) < 4.78 is 4.45. The summed E-state index contributed by atoms with van der Waals surface area (Å²) in [7, 11) is 0. The van der Waals surface area contributed by atoms with E-state index in [9.17, 15) is 4.79 Å². The molecule has 132 valence electrons. The molecule has 1 N–H and O–H groups in total. The van der Waals surface area contributed by atoms with E-state index in [1.165, 1.54) is 36.0 Å². The van der Waals surface area contributed by atoms with Crippen molar-refractivity contribution in [1.29, 1.82) is 0 Å². The maximum Gasteiger partial charge on any atom is 0.506 e. The summed E-state index contributed by atoms with van der Waals surface area (Å²) in [5.41, 5.74) is 5.38. The Balaban J connectivity index is 2.67. The Kier molecular flexibility index (Phi) is 7.76. The average Bonchev–Trinajstić information content (AvgIpc) is 2.45. The molecule has 0 spiro atoms. The first-order valence-corrected chi connectivity index (χ1v) is 8.48. The third-order valence-corrected chi connectivity index (χ3v) is 4.39. The molecule has 0 aromatic carbocycles. The molecule has 0 aromatic rings. The van der Waals surface area contributed by atoms with Gasteiger partial charge in [0.05, 0.1) is 0 Å². The van der Waals surface area contributed by atoms with Crippen LogP contribution in [0.4, 0.5) is 4.79 Å². The number of carbonyl (C=O) groups is 1. The highest BCUT2D eigenvalue weighted by Gasteiger charge is 2.26. The summed E-state index contributed by atoms with van der Waals surface area (Å²) >= 11 is 0. The number of allylic oxidation sites excluding steroid dienone is 9. The van der Waals surface area contributed by atoms with E-state index in [-0.39, 0.29) is 12.0 Å². The van der Waals surface area contributed by atoms with Crippen LogP contribution < -0.4 is 0 Å². The van der Waals surface area contributed by atoms with Gasteiger partial charge >= 0.3 is 6.16 Å². The van der Waals surface area contributed by atoms with Gasteiger partial charge in [-0.15, -0.1) is 0 Å². The topological polar surface area (TPSA) is 46.5 Å². The third-order valence-electron chi connectivity index (χ3n) is 4.39. The Labute approximate surface area is 146 Å². The molecule has 0 radical (unpaired) electrons. The second kappa shape index (κ2) is 9.31. The normalized spacial score (nSPS) is 19.4. The molecule has 1 aliphatic rings. The highest BCUT2D eigenvalue weighted by Crippen LogP contribution is 2.40. The molecule has 24 heavy (non-hydrogen) atoms. The van der Waals surface area contributed by atoms with E-state index in [1.807, 2.05) is 19.1 Å². The van der Waals surface area contributed by atoms with Crippen molar-refractivity contribution in [3.8, 4) is 0 Å². The Hall–Kier alpha value is -2.03. The van der Waals surface area contributed by atoms with Crippen molar-refractivity contribution in [3.05, 3.63) is 58.7 Å². The molecular formula is C21H30O3. The highest BCUT2D eigenvalue weighted by atomic mass is 16.7. The zero-order valence-electron chi connectivity index (χ0n) is 15.6. The van der Waals surface area contributed by atoms with Crippen LogP contribution in [0.15, 0.2) is 58.7 Å². The first-order chi connectivity index (χ1) is 11.2. The predicted molar refractivity (Wildman–Crippen MR) is 100 cm³/mol. The van der Waals surface area contributed by atoms with Crippen LogP contribution in [0.2, 0.25) is 0 Å². The largest absolute Gasteiger partial charge is 0.506 e. The van der Waals surface area contributed by atoms with E-state index in [1.54, 1.807) is 6.08 Å². The summed E-state index contributed by atoms with van der Waals surface area (Å²) in [5, 5.41) is 8.41. The monoisotopic (exact) mass is 330 g/mol. The first kappa shape index (κ1) is 20.0. The molecule has 0 atom stereocenters. The van der Waals surface area contributed by atoms with E-state index in [0.29, 0.717) is 0 Å². The molecule has 1 rings (SSSR count). The molecule has 0 saturated heterocycles. The Morgan fingerprint density at radius 1 is 1.25 bits per heavy atom. The molecule has 3 nitrogen and oxygen atoms in total. The van der Waals surface area contributed by atoms with Crippen LogP contribution >= 0.6 is 0 Å². The van der Waals surface area contributed by atoms with Crippen LogP contribution in [0.1, 0.15) is 53.9 Å². The maximum atomic E-state index is 10.3. The molecule has 0 aliphatic heterocycles. The lowest BCUT2D eigenvalue weighted by molar-refractivity contribution is 0.102. The van der Waals surface area contributed by atoms with Gasteiger partial charge in [0.25, 0.3) is 0 Å². The molecule has 0 aromatic heterocycles. The standard InChI is InChI=1S/C21H30O3/c1-16(8-6-9-17(2)13-15-24-20(22)23)11-12-19-18(3)10-7-14-21(19,4)5/h6,8-9,11-13H,7,10,14-15H2,1-5H3,(H,22,23). The van der Waals surface area contributed by atoms with Gasteiger partial charge in [-0.2, -0.15) is 0 Å². The molecule has 1 aliphatic carbocycles. The quantitative estimate of drug-likeness (QED) is 0.465. The summed E-state index contributed by atoms with van der Waals surface area (Å²) in [6.45, 7) is 11.0. The minimum atomic E-state index is -1.25. The van der Waals surface area contributed by atoms with E-state index in [2.05, 4.69) is 50.7 Å². The number of rotatable bonds is 6. The van der Waals surface area contributed by atoms with E-state index < -0.39 is 6.16 Å². The zero-order valence-corrected chi connectivity index (χ0v) is 15.6. The maximum absolute atomic E-state index is 10.3. The van der Waals surface area contributed by atoms with Gasteiger partial charge in [-0.1, -0.05) is 60.9 Å². The average molecular weight is 330 g/mol. The lowest BCUT2D eigenvalue weighted by Crippen LogP contribution is -2.19. The number of carboxylic acid groups (broad SMARTS) is 1. The van der Waals surface area contributed by atoms with Gasteiger partial charge < -0.3 is 9.84 Å². The summed E-state index contributed by atoms with van der Waals surface area (Å²) in [6, 6.07) is 0. The van der Waals surface area contributed by atoms with Crippen molar-refractivity contribution in [2.45, 2.75) is 53.9 Å². The van der Waals surface area contributed by atoms with Crippen LogP contribution in [-0.4, -0.2) is 17.9 Å². The van der Waals surface area contributed by atoms with Gasteiger partial charge in [-0.25, -0.2) is 4.79 Å². The SMILES string of the molecule is CC(C=CC1=C(C)CCCC1(C)C)=CC=CC(C)=CCOC(=O)O. The Bertz CT molecular complexity index is 599. The fourth-order valence-electron chi connectivity index (χ4n) is 2.94. The van der Waals surface area contributed by atoms with Gasteiger partial charge in [0.1, 0.15) is 6.61 Å². The van der Waals surface area contributed by atoms with E-state index >= 15 is 0 Å². The lowest BCUT2D eigenvalue weighted by Gasteiger charge is -2.32. The Morgan fingerprint density at radius 2 is 1.96 bits per heavy atom. The number of hydrogen-bond donors (Lipinski definition) is 1. The van der Waals surface area contributed by atoms with Gasteiger partial charge in [0, 0.05) is 0 Å². The number of ether oxygens (including phenoxy) is 1. The third kappa shape index (κ3) is 7.03. The Morgan fingerprint density at radius 3 is 2.58 bits per heavy atom. The fourth-order valence-corrected chi connectivity index (χ4v) is 2.94. The lowest BCUT2D eigenvalue weighted by atomic mass is 9.72. The van der Waals surface area contributed by atoms with Crippen LogP contribution in [0.3, 0.4) is 0 Å². The molecule has 0 amide bonds. The minimum Gasteiger partial charge on any atom is -0.450 e. The minimum absolute atomic E-state index is 0.0800. The van der Waals surface area contributed by atoms with Crippen molar-refractivity contribution >= 4 is 6.16 Å². The van der Waals surface area contributed by atoms with E-state index in [4.69, 9.17) is 5.11 Å².